The number of amides is 2. The molecule has 0 aliphatic heterocycles. The standard InChI is InChI=1S/C16H13Cl3N2O3/c17-10-2-1-3-12(6-10)21-15(22)8-20-16(23)9-24-14-5-4-11(18)7-13(14)19/h1-7H,8-9H2,(H,20,23)(H,21,22). The number of benzene rings is 2. The van der Waals surface area contributed by atoms with Crippen LogP contribution in [0.25, 0.3) is 0 Å². The van der Waals surface area contributed by atoms with E-state index in [1.165, 1.54) is 6.07 Å². The van der Waals surface area contributed by atoms with Gasteiger partial charge in [-0.1, -0.05) is 40.9 Å². The Morgan fingerprint density at radius 2 is 1.71 bits per heavy atom. The first kappa shape index (κ1) is 18.4. The Morgan fingerprint density at radius 1 is 0.958 bits per heavy atom. The van der Waals surface area contributed by atoms with Gasteiger partial charge in [-0.15, -0.1) is 0 Å². The van der Waals surface area contributed by atoms with E-state index in [0.29, 0.717) is 26.5 Å². The third kappa shape index (κ3) is 5.92. The topological polar surface area (TPSA) is 67.4 Å². The van der Waals surface area contributed by atoms with Gasteiger partial charge in [0, 0.05) is 15.7 Å². The number of rotatable bonds is 6. The second-order valence-electron chi connectivity index (χ2n) is 4.70. The van der Waals surface area contributed by atoms with Crippen molar-refractivity contribution in [3.8, 4) is 5.75 Å². The van der Waals surface area contributed by atoms with E-state index in [2.05, 4.69) is 10.6 Å². The van der Waals surface area contributed by atoms with Crippen molar-refractivity contribution in [1.29, 1.82) is 0 Å². The summed E-state index contributed by atoms with van der Waals surface area (Å²) in [7, 11) is 0. The van der Waals surface area contributed by atoms with Gasteiger partial charge in [0.2, 0.25) is 5.91 Å². The highest BCUT2D eigenvalue weighted by molar-refractivity contribution is 6.35. The molecule has 0 heterocycles. The van der Waals surface area contributed by atoms with Crippen molar-refractivity contribution in [1.82, 2.24) is 5.32 Å². The van der Waals surface area contributed by atoms with Crippen LogP contribution in [0.15, 0.2) is 42.5 Å². The lowest BCUT2D eigenvalue weighted by atomic mass is 10.3. The highest BCUT2D eigenvalue weighted by Gasteiger charge is 2.09. The van der Waals surface area contributed by atoms with Crippen molar-refractivity contribution >= 4 is 52.3 Å². The summed E-state index contributed by atoms with van der Waals surface area (Å²) >= 11 is 17.5. The molecule has 5 nitrogen and oxygen atoms in total. The first-order valence-corrected chi connectivity index (χ1v) is 7.97. The fraction of sp³-hybridized carbons (Fsp3) is 0.125. The zero-order chi connectivity index (χ0) is 17.5. The molecule has 0 aliphatic rings. The van der Waals surface area contributed by atoms with Crippen LogP contribution in [0.4, 0.5) is 5.69 Å². The fourth-order valence-electron chi connectivity index (χ4n) is 1.74. The molecule has 0 atom stereocenters. The smallest absolute Gasteiger partial charge is 0.258 e. The van der Waals surface area contributed by atoms with Crippen molar-refractivity contribution in [3.05, 3.63) is 57.5 Å². The Kier molecular flexibility index (Phi) is 6.73. The van der Waals surface area contributed by atoms with Gasteiger partial charge in [-0.05, 0) is 36.4 Å². The summed E-state index contributed by atoms with van der Waals surface area (Å²) in [6.07, 6.45) is 0. The molecule has 0 aliphatic carbocycles. The van der Waals surface area contributed by atoms with E-state index >= 15 is 0 Å². The molecule has 0 fully saturated rings. The van der Waals surface area contributed by atoms with E-state index < -0.39 is 5.91 Å². The normalized spacial score (nSPS) is 10.1. The molecule has 2 N–H and O–H groups in total. The number of hydrogen-bond acceptors (Lipinski definition) is 3. The molecule has 2 aromatic carbocycles. The molecule has 0 aromatic heterocycles. The zero-order valence-corrected chi connectivity index (χ0v) is 14.6. The van der Waals surface area contributed by atoms with Crippen molar-refractivity contribution in [3.63, 3.8) is 0 Å². The van der Waals surface area contributed by atoms with E-state index in [4.69, 9.17) is 39.5 Å². The van der Waals surface area contributed by atoms with Gasteiger partial charge in [0.25, 0.3) is 5.91 Å². The first-order chi connectivity index (χ1) is 11.4. The van der Waals surface area contributed by atoms with Crippen LogP contribution in [0.2, 0.25) is 15.1 Å². The minimum atomic E-state index is -0.456. The molecule has 126 valence electrons. The quantitative estimate of drug-likeness (QED) is 0.792. The van der Waals surface area contributed by atoms with E-state index in [0.717, 1.165) is 0 Å². The third-order valence-electron chi connectivity index (χ3n) is 2.81. The highest BCUT2D eigenvalue weighted by atomic mass is 35.5. The molecule has 2 rings (SSSR count). The summed E-state index contributed by atoms with van der Waals surface area (Å²) in [5, 5.41) is 6.32. The fourth-order valence-corrected chi connectivity index (χ4v) is 2.39. The van der Waals surface area contributed by atoms with Crippen LogP contribution in [0.3, 0.4) is 0 Å². The average Bonchev–Trinajstić information content (AvgIpc) is 2.52. The molecule has 0 spiro atoms. The van der Waals surface area contributed by atoms with Gasteiger partial charge in [-0.25, -0.2) is 0 Å². The van der Waals surface area contributed by atoms with Crippen LogP contribution in [-0.2, 0) is 9.59 Å². The van der Waals surface area contributed by atoms with E-state index in [9.17, 15) is 9.59 Å². The van der Waals surface area contributed by atoms with Crippen molar-refractivity contribution in [2.75, 3.05) is 18.5 Å². The summed E-state index contributed by atoms with van der Waals surface area (Å²) in [6.45, 7) is -0.463. The number of carbonyl (C=O) groups excluding carboxylic acids is 2. The molecule has 8 heteroatoms. The van der Waals surface area contributed by atoms with Crippen molar-refractivity contribution in [2.24, 2.45) is 0 Å². The number of ether oxygens (including phenoxy) is 1. The van der Waals surface area contributed by atoms with Gasteiger partial charge in [-0.2, -0.15) is 0 Å². The van der Waals surface area contributed by atoms with Crippen LogP contribution in [0.1, 0.15) is 0 Å². The maximum Gasteiger partial charge on any atom is 0.258 e. The Labute approximate surface area is 153 Å². The van der Waals surface area contributed by atoms with E-state index in [1.54, 1.807) is 36.4 Å². The molecule has 0 saturated heterocycles. The average molecular weight is 388 g/mol. The third-order valence-corrected chi connectivity index (χ3v) is 3.57. The van der Waals surface area contributed by atoms with E-state index in [1.807, 2.05) is 0 Å². The van der Waals surface area contributed by atoms with Gasteiger partial charge in [0.15, 0.2) is 6.61 Å². The van der Waals surface area contributed by atoms with Crippen LogP contribution in [0, 0.1) is 0 Å². The Bertz CT molecular complexity index is 753. The zero-order valence-electron chi connectivity index (χ0n) is 12.3. The van der Waals surface area contributed by atoms with Crippen LogP contribution in [0.5, 0.6) is 5.75 Å². The number of hydrogen-bond donors (Lipinski definition) is 2. The predicted octanol–water partition coefficient (Wildman–Crippen LogP) is 3.78. The second-order valence-corrected chi connectivity index (χ2v) is 5.98. The highest BCUT2D eigenvalue weighted by Crippen LogP contribution is 2.27. The summed E-state index contributed by atoms with van der Waals surface area (Å²) in [6, 6.07) is 11.4. The number of anilines is 1. The monoisotopic (exact) mass is 386 g/mol. The van der Waals surface area contributed by atoms with Crippen LogP contribution in [-0.4, -0.2) is 25.0 Å². The molecular weight excluding hydrogens is 375 g/mol. The Morgan fingerprint density at radius 3 is 2.42 bits per heavy atom. The summed E-state index contributed by atoms with van der Waals surface area (Å²) in [5.74, 6) is -0.503. The minimum Gasteiger partial charge on any atom is -0.482 e. The summed E-state index contributed by atoms with van der Waals surface area (Å²) in [4.78, 5) is 23.4. The number of carbonyl (C=O) groups is 2. The van der Waals surface area contributed by atoms with Crippen LogP contribution < -0.4 is 15.4 Å². The molecule has 2 amide bonds. The molecular formula is C16H13Cl3N2O3. The van der Waals surface area contributed by atoms with E-state index in [-0.39, 0.29) is 19.1 Å². The molecule has 0 radical (unpaired) electrons. The lowest BCUT2D eigenvalue weighted by molar-refractivity contribution is -0.125. The largest absolute Gasteiger partial charge is 0.482 e. The summed E-state index contributed by atoms with van der Waals surface area (Å²) < 4.78 is 5.27. The van der Waals surface area contributed by atoms with Gasteiger partial charge in [0.05, 0.1) is 11.6 Å². The lowest BCUT2D eigenvalue weighted by Gasteiger charge is -2.09. The van der Waals surface area contributed by atoms with Gasteiger partial charge in [0.1, 0.15) is 5.75 Å². The lowest BCUT2D eigenvalue weighted by Crippen LogP contribution is -2.35. The number of nitrogens with one attached hydrogen (secondary N) is 2. The van der Waals surface area contributed by atoms with Crippen molar-refractivity contribution in [2.45, 2.75) is 0 Å². The van der Waals surface area contributed by atoms with Crippen LogP contribution >= 0.6 is 34.8 Å². The second kappa shape index (κ2) is 8.78. The van der Waals surface area contributed by atoms with Gasteiger partial charge >= 0.3 is 0 Å². The SMILES string of the molecule is O=C(COc1ccc(Cl)cc1Cl)NCC(=O)Nc1cccc(Cl)c1. The molecule has 0 saturated carbocycles. The Hall–Kier alpha value is -1.95. The maximum atomic E-state index is 11.7. The first-order valence-electron chi connectivity index (χ1n) is 6.84. The Balaban J connectivity index is 1.75. The minimum absolute atomic E-state index is 0.191. The maximum absolute atomic E-state index is 11.7. The summed E-state index contributed by atoms with van der Waals surface area (Å²) in [5.41, 5.74) is 0.547. The molecule has 0 bridgehead atoms. The van der Waals surface area contributed by atoms with Gasteiger partial charge in [-0.3, -0.25) is 9.59 Å². The predicted molar refractivity (Wildman–Crippen MR) is 95.0 cm³/mol. The molecule has 24 heavy (non-hydrogen) atoms. The molecule has 0 unspecified atom stereocenters. The number of halogens is 3. The van der Waals surface area contributed by atoms with Crippen molar-refractivity contribution < 1.29 is 14.3 Å². The van der Waals surface area contributed by atoms with Gasteiger partial charge < -0.3 is 15.4 Å². The molecule has 2 aromatic rings.